The number of carbonyl (C=O) groups excluding carboxylic acids is 1. The van der Waals surface area contributed by atoms with E-state index < -0.39 is 0 Å². The molecule has 1 aromatic rings. The van der Waals surface area contributed by atoms with E-state index in [1.54, 1.807) is 13.0 Å². The summed E-state index contributed by atoms with van der Waals surface area (Å²) < 4.78 is 5.41. The molecule has 14 heavy (non-hydrogen) atoms. The highest BCUT2D eigenvalue weighted by Crippen LogP contribution is 2.17. The van der Waals surface area contributed by atoms with E-state index >= 15 is 0 Å². The van der Waals surface area contributed by atoms with Crippen LogP contribution in [0.3, 0.4) is 0 Å². The number of pyridine rings is 1. The summed E-state index contributed by atoms with van der Waals surface area (Å²) in [6, 6.07) is 1.71. The van der Waals surface area contributed by atoms with Gasteiger partial charge in [0.25, 0.3) is 0 Å². The van der Waals surface area contributed by atoms with Gasteiger partial charge in [-0.1, -0.05) is 0 Å². The Kier molecular flexibility index (Phi) is 4.12. The Morgan fingerprint density at radius 2 is 2.43 bits per heavy atom. The minimum absolute atomic E-state index is 0.0155. The van der Waals surface area contributed by atoms with E-state index in [0.717, 1.165) is 5.56 Å². The number of halogens is 1. The number of ether oxygens (including phenoxy) is 1. The number of aromatic nitrogens is 1. The summed E-state index contributed by atoms with van der Waals surface area (Å²) in [5.41, 5.74) is 0.741. The zero-order valence-electron chi connectivity index (χ0n) is 7.66. The maximum atomic E-state index is 11.1. The molecule has 1 N–H and O–H groups in total. The Hall–Kier alpha value is -0.850. The molecule has 0 amide bonds. The summed E-state index contributed by atoms with van der Waals surface area (Å²) in [5.74, 6) is -0.297. The maximum Gasteiger partial charge on any atom is 0.310 e. The summed E-state index contributed by atoms with van der Waals surface area (Å²) in [4.78, 5) is 14.8. The third-order valence-corrected chi connectivity index (χ3v) is 2.33. The lowest BCUT2D eigenvalue weighted by Crippen LogP contribution is -2.07. The molecular formula is C9H10INO3. The molecule has 4 nitrogen and oxygen atoms in total. The second kappa shape index (κ2) is 5.14. The van der Waals surface area contributed by atoms with Crippen LogP contribution in [0, 0.1) is 3.57 Å². The molecule has 0 saturated heterocycles. The smallest absolute Gasteiger partial charge is 0.310 e. The normalized spacial score (nSPS) is 9.86. The number of rotatable bonds is 3. The van der Waals surface area contributed by atoms with Crippen LogP contribution in [0.1, 0.15) is 12.5 Å². The van der Waals surface area contributed by atoms with Gasteiger partial charge in [-0.25, -0.2) is 4.98 Å². The van der Waals surface area contributed by atoms with Gasteiger partial charge in [-0.2, -0.15) is 0 Å². The lowest BCUT2D eigenvalue weighted by molar-refractivity contribution is -0.142. The molecule has 1 rings (SSSR count). The first-order valence-corrected chi connectivity index (χ1v) is 5.20. The first-order chi connectivity index (χ1) is 6.63. The van der Waals surface area contributed by atoms with Crippen molar-refractivity contribution in [3.05, 3.63) is 21.4 Å². The van der Waals surface area contributed by atoms with Crippen molar-refractivity contribution in [1.29, 1.82) is 0 Å². The molecule has 0 atom stereocenters. The molecule has 0 saturated carbocycles. The molecule has 0 aliphatic rings. The fourth-order valence-corrected chi connectivity index (χ4v) is 1.48. The van der Waals surface area contributed by atoms with Crippen molar-refractivity contribution in [2.75, 3.05) is 6.61 Å². The Bertz CT molecular complexity index is 341. The van der Waals surface area contributed by atoms with Gasteiger partial charge in [-0.05, 0) is 41.1 Å². The summed E-state index contributed by atoms with van der Waals surface area (Å²) in [7, 11) is 0. The van der Waals surface area contributed by atoms with Crippen molar-refractivity contribution < 1.29 is 14.6 Å². The molecular weight excluding hydrogens is 297 g/mol. The number of carbonyl (C=O) groups is 1. The lowest BCUT2D eigenvalue weighted by Gasteiger charge is -2.02. The summed E-state index contributed by atoms with van der Waals surface area (Å²) >= 11 is 1.95. The third-order valence-electron chi connectivity index (χ3n) is 1.53. The average molecular weight is 307 g/mol. The molecule has 1 aromatic heterocycles. The Morgan fingerprint density at radius 3 is 3.00 bits per heavy atom. The van der Waals surface area contributed by atoms with Gasteiger partial charge >= 0.3 is 5.97 Å². The average Bonchev–Trinajstić information content (AvgIpc) is 2.12. The van der Waals surface area contributed by atoms with Crippen molar-refractivity contribution in [1.82, 2.24) is 4.98 Å². The Labute approximate surface area is 95.4 Å². The molecule has 0 aliphatic carbocycles. The predicted octanol–water partition coefficient (Wildman–Crippen LogP) is 1.50. The first kappa shape index (κ1) is 11.2. The van der Waals surface area contributed by atoms with Crippen molar-refractivity contribution in [3.63, 3.8) is 0 Å². The largest absolute Gasteiger partial charge is 0.493 e. The van der Waals surface area contributed by atoms with E-state index in [1.165, 1.54) is 6.20 Å². The Balaban J connectivity index is 2.68. The van der Waals surface area contributed by atoms with E-state index in [4.69, 9.17) is 9.84 Å². The van der Waals surface area contributed by atoms with Crippen LogP contribution in [0.15, 0.2) is 12.3 Å². The second-order valence-electron chi connectivity index (χ2n) is 2.63. The SMILES string of the molecule is CCOC(=O)Cc1cnc(O)c(I)c1. The number of hydrogen-bond donors (Lipinski definition) is 1. The highest BCUT2D eigenvalue weighted by Gasteiger charge is 2.06. The van der Waals surface area contributed by atoms with Crippen LogP contribution in [0.2, 0.25) is 0 Å². The molecule has 0 aromatic carbocycles. The number of nitrogens with zero attached hydrogens (tertiary/aromatic N) is 1. The van der Waals surface area contributed by atoms with Gasteiger partial charge in [0.15, 0.2) is 0 Å². The molecule has 0 radical (unpaired) electrons. The van der Waals surface area contributed by atoms with Crippen molar-refractivity contribution >= 4 is 28.6 Å². The molecule has 0 bridgehead atoms. The molecule has 76 valence electrons. The molecule has 0 unspecified atom stereocenters. The minimum Gasteiger partial charge on any atom is -0.493 e. The molecule has 0 fully saturated rings. The first-order valence-electron chi connectivity index (χ1n) is 4.12. The zero-order valence-corrected chi connectivity index (χ0v) is 9.82. The van der Waals surface area contributed by atoms with Crippen molar-refractivity contribution in [3.8, 4) is 5.88 Å². The predicted molar refractivity (Wildman–Crippen MR) is 59.0 cm³/mol. The molecule has 1 heterocycles. The molecule has 0 spiro atoms. The highest BCUT2D eigenvalue weighted by molar-refractivity contribution is 14.1. The quantitative estimate of drug-likeness (QED) is 0.679. The third kappa shape index (κ3) is 3.13. The Morgan fingerprint density at radius 1 is 1.71 bits per heavy atom. The van der Waals surface area contributed by atoms with Crippen LogP contribution in [0.4, 0.5) is 0 Å². The van der Waals surface area contributed by atoms with Crippen LogP contribution in [-0.4, -0.2) is 22.7 Å². The van der Waals surface area contributed by atoms with E-state index in [-0.39, 0.29) is 18.3 Å². The minimum atomic E-state index is -0.282. The topological polar surface area (TPSA) is 59.4 Å². The van der Waals surface area contributed by atoms with E-state index in [0.29, 0.717) is 10.2 Å². The van der Waals surface area contributed by atoms with E-state index in [1.807, 2.05) is 22.6 Å². The highest BCUT2D eigenvalue weighted by atomic mass is 127. The fourth-order valence-electron chi connectivity index (χ4n) is 0.946. The van der Waals surface area contributed by atoms with Crippen LogP contribution >= 0.6 is 22.6 Å². The summed E-state index contributed by atoms with van der Waals surface area (Å²) in [6.45, 7) is 2.14. The van der Waals surface area contributed by atoms with Crippen LogP contribution in [0.5, 0.6) is 5.88 Å². The fraction of sp³-hybridized carbons (Fsp3) is 0.333. The second-order valence-corrected chi connectivity index (χ2v) is 3.79. The lowest BCUT2D eigenvalue weighted by atomic mass is 10.2. The van der Waals surface area contributed by atoms with Crippen molar-refractivity contribution in [2.45, 2.75) is 13.3 Å². The van der Waals surface area contributed by atoms with Gasteiger partial charge in [0.05, 0.1) is 16.6 Å². The monoisotopic (exact) mass is 307 g/mol. The molecule has 5 heteroatoms. The van der Waals surface area contributed by atoms with Gasteiger partial charge in [0, 0.05) is 6.20 Å². The summed E-state index contributed by atoms with van der Waals surface area (Å²) in [6.07, 6.45) is 1.66. The standard InChI is InChI=1S/C9H10INO3/c1-2-14-8(12)4-6-3-7(10)9(13)11-5-6/h3,5H,2,4H2,1H3,(H,11,13). The number of esters is 1. The van der Waals surface area contributed by atoms with Gasteiger partial charge in [0.2, 0.25) is 5.88 Å². The zero-order chi connectivity index (χ0) is 10.6. The van der Waals surface area contributed by atoms with Crippen LogP contribution in [-0.2, 0) is 16.0 Å². The van der Waals surface area contributed by atoms with Crippen LogP contribution in [0.25, 0.3) is 0 Å². The number of aromatic hydroxyl groups is 1. The van der Waals surface area contributed by atoms with Crippen molar-refractivity contribution in [2.24, 2.45) is 0 Å². The van der Waals surface area contributed by atoms with Gasteiger partial charge in [-0.15, -0.1) is 0 Å². The van der Waals surface area contributed by atoms with E-state index in [9.17, 15) is 4.79 Å². The van der Waals surface area contributed by atoms with Gasteiger partial charge in [0.1, 0.15) is 0 Å². The van der Waals surface area contributed by atoms with Gasteiger partial charge < -0.3 is 9.84 Å². The summed E-state index contributed by atoms with van der Waals surface area (Å²) in [5, 5.41) is 9.15. The maximum absolute atomic E-state index is 11.1. The molecule has 0 aliphatic heterocycles. The van der Waals surface area contributed by atoms with E-state index in [2.05, 4.69) is 4.98 Å². The number of hydrogen-bond acceptors (Lipinski definition) is 4. The van der Waals surface area contributed by atoms with Gasteiger partial charge in [-0.3, -0.25) is 4.79 Å². The van der Waals surface area contributed by atoms with Crippen LogP contribution < -0.4 is 0 Å².